The van der Waals surface area contributed by atoms with Crippen LogP contribution in [0.5, 0.6) is 0 Å². The molecule has 3 rings (SSSR count). The van der Waals surface area contributed by atoms with Gasteiger partial charge < -0.3 is 14.6 Å². The number of H-pyrrole nitrogens is 1. The van der Waals surface area contributed by atoms with Crippen molar-refractivity contribution in [2.75, 3.05) is 38.5 Å². The lowest BCUT2D eigenvalue weighted by Crippen LogP contribution is -2.37. The number of carbonyl (C=O) groups is 2. The summed E-state index contributed by atoms with van der Waals surface area (Å²) in [4.78, 5) is 48.0. The highest BCUT2D eigenvalue weighted by molar-refractivity contribution is 7.99. The number of thioether (sulfide) groups is 1. The second-order valence-electron chi connectivity index (χ2n) is 9.13. The molecule has 1 aromatic heterocycles. The molecule has 1 saturated heterocycles. The molecule has 2 heterocycles. The minimum Gasteiger partial charge on any atom is -0.460 e. The second-order valence-corrected chi connectivity index (χ2v) is 10.1. The normalized spacial score (nSPS) is 15.2. The Morgan fingerprint density at radius 2 is 1.88 bits per heavy atom. The monoisotopic (exact) mass is 472 g/mol. The molecule has 2 aromatic rings. The summed E-state index contributed by atoms with van der Waals surface area (Å²) >= 11 is 1.24. The van der Waals surface area contributed by atoms with Crippen molar-refractivity contribution in [1.29, 1.82) is 0 Å². The van der Waals surface area contributed by atoms with Crippen molar-refractivity contribution in [3.8, 4) is 0 Å². The second kappa shape index (κ2) is 11.5. The predicted octanol–water partition coefficient (Wildman–Crippen LogP) is 2.44. The van der Waals surface area contributed by atoms with Crippen molar-refractivity contribution in [1.82, 2.24) is 19.8 Å². The maximum absolute atomic E-state index is 12.8. The van der Waals surface area contributed by atoms with Crippen LogP contribution in [0.25, 0.3) is 0 Å². The highest BCUT2D eigenvalue weighted by Crippen LogP contribution is 2.21. The van der Waals surface area contributed by atoms with Crippen LogP contribution in [-0.4, -0.2) is 70.1 Å². The van der Waals surface area contributed by atoms with Crippen LogP contribution in [-0.2, 0) is 26.3 Å². The lowest BCUT2D eigenvalue weighted by molar-refractivity contribution is -0.146. The maximum atomic E-state index is 12.8. The molecule has 0 radical (unpaired) electrons. The third-order valence-corrected chi connectivity index (χ3v) is 6.22. The Labute approximate surface area is 198 Å². The highest BCUT2D eigenvalue weighted by atomic mass is 32.2. The molecular formula is C24H32N4O4S. The van der Waals surface area contributed by atoms with Gasteiger partial charge in [-0.05, 0) is 12.0 Å². The molecule has 178 valence electrons. The van der Waals surface area contributed by atoms with Crippen molar-refractivity contribution in [2.45, 2.75) is 44.4 Å². The van der Waals surface area contributed by atoms with Gasteiger partial charge in [-0.1, -0.05) is 62.9 Å². The van der Waals surface area contributed by atoms with Gasteiger partial charge in [0.1, 0.15) is 6.61 Å². The van der Waals surface area contributed by atoms with Gasteiger partial charge in [-0.3, -0.25) is 19.3 Å². The molecule has 1 aromatic carbocycles. The molecular weight excluding hydrogens is 440 g/mol. The van der Waals surface area contributed by atoms with E-state index in [1.54, 1.807) is 0 Å². The van der Waals surface area contributed by atoms with Crippen molar-refractivity contribution < 1.29 is 14.3 Å². The first-order valence-corrected chi connectivity index (χ1v) is 12.1. The van der Waals surface area contributed by atoms with Gasteiger partial charge in [0.2, 0.25) is 5.91 Å². The van der Waals surface area contributed by atoms with Gasteiger partial charge in [0.05, 0.1) is 18.0 Å². The number of nitrogens with one attached hydrogen (secondary N) is 1. The molecule has 0 saturated carbocycles. The van der Waals surface area contributed by atoms with Crippen molar-refractivity contribution >= 4 is 23.6 Å². The molecule has 1 amide bonds. The standard InChI is InChI=1S/C24H32N4O4S/c1-24(2,3)19-14-20(29)26-23(25-19)33-17-21(30)28-11-7-10-27(12-13-28)15-22(31)32-16-18-8-5-4-6-9-18/h4-6,8-9,14H,7,10-13,15-17H2,1-3H3,(H,25,26,29). The molecule has 9 heteroatoms. The number of amides is 1. The van der Waals surface area contributed by atoms with Crippen LogP contribution >= 0.6 is 11.8 Å². The average molecular weight is 473 g/mol. The molecule has 1 aliphatic heterocycles. The summed E-state index contributed by atoms with van der Waals surface area (Å²) in [5.41, 5.74) is 1.20. The van der Waals surface area contributed by atoms with Gasteiger partial charge in [-0.2, -0.15) is 0 Å². The largest absolute Gasteiger partial charge is 0.460 e. The molecule has 33 heavy (non-hydrogen) atoms. The average Bonchev–Trinajstić information content (AvgIpc) is 3.01. The number of ether oxygens (including phenoxy) is 1. The van der Waals surface area contributed by atoms with E-state index in [1.165, 1.54) is 17.8 Å². The van der Waals surface area contributed by atoms with Gasteiger partial charge >= 0.3 is 5.97 Å². The number of aromatic amines is 1. The molecule has 1 fully saturated rings. The predicted molar refractivity (Wildman–Crippen MR) is 128 cm³/mol. The number of benzene rings is 1. The SMILES string of the molecule is CC(C)(C)c1cc(=O)[nH]c(SCC(=O)N2CCCN(CC(=O)OCc3ccccc3)CC2)n1. The van der Waals surface area contributed by atoms with Gasteiger partial charge in [-0.15, -0.1) is 0 Å². The first-order chi connectivity index (χ1) is 15.7. The van der Waals surface area contributed by atoms with Gasteiger partial charge in [0.25, 0.3) is 5.56 Å². The number of hydrogen-bond acceptors (Lipinski definition) is 7. The van der Waals surface area contributed by atoms with Crippen LogP contribution in [0.15, 0.2) is 46.3 Å². The molecule has 0 bridgehead atoms. The first kappa shape index (κ1) is 25.0. The van der Waals surface area contributed by atoms with E-state index in [-0.39, 0.29) is 41.8 Å². The number of nitrogens with zero attached hydrogens (tertiary/aromatic N) is 3. The van der Waals surface area contributed by atoms with E-state index >= 15 is 0 Å². The van der Waals surface area contributed by atoms with E-state index in [0.717, 1.165) is 18.5 Å². The molecule has 0 unspecified atom stereocenters. The van der Waals surface area contributed by atoms with E-state index in [4.69, 9.17) is 4.74 Å². The number of rotatable bonds is 7. The Bertz CT molecular complexity index is 1000. The maximum Gasteiger partial charge on any atom is 0.320 e. The number of aromatic nitrogens is 2. The minimum absolute atomic E-state index is 0.00249. The summed E-state index contributed by atoms with van der Waals surface area (Å²) in [6.07, 6.45) is 0.789. The number of hydrogen-bond donors (Lipinski definition) is 1. The fraction of sp³-hybridized carbons (Fsp3) is 0.500. The zero-order valence-electron chi connectivity index (χ0n) is 19.5. The summed E-state index contributed by atoms with van der Waals surface area (Å²) in [5.74, 6) is -0.0596. The smallest absolute Gasteiger partial charge is 0.320 e. The third kappa shape index (κ3) is 8.01. The van der Waals surface area contributed by atoms with Crippen LogP contribution in [0, 0.1) is 0 Å². The topological polar surface area (TPSA) is 95.6 Å². The molecule has 8 nitrogen and oxygen atoms in total. The Hall–Kier alpha value is -2.65. The van der Waals surface area contributed by atoms with Crippen LogP contribution in [0.4, 0.5) is 0 Å². The lowest BCUT2D eigenvalue weighted by Gasteiger charge is -2.21. The Kier molecular flexibility index (Phi) is 8.68. The Morgan fingerprint density at radius 3 is 2.61 bits per heavy atom. The summed E-state index contributed by atoms with van der Waals surface area (Å²) in [6, 6.07) is 11.1. The number of esters is 1. The first-order valence-electron chi connectivity index (χ1n) is 11.1. The van der Waals surface area contributed by atoms with Crippen molar-refractivity contribution in [2.24, 2.45) is 0 Å². The van der Waals surface area contributed by atoms with Gasteiger partial charge in [0.15, 0.2) is 5.16 Å². The minimum atomic E-state index is -0.261. The molecule has 1 aliphatic rings. The van der Waals surface area contributed by atoms with Crippen LogP contribution in [0.1, 0.15) is 38.4 Å². The lowest BCUT2D eigenvalue weighted by atomic mass is 9.92. The van der Waals surface area contributed by atoms with E-state index in [9.17, 15) is 14.4 Å². The van der Waals surface area contributed by atoms with Crippen LogP contribution in [0.2, 0.25) is 0 Å². The van der Waals surface area contributed by atoms with Crippen molar-refractivity contribution in [3.05, 3.63) is 58.0 Å². The Balaban J connectivity index is 1.45. The van der Waals surface area contributed by atoms with Crippen LogP contribution in [0.3, 0.4) is 0 Å². The fourth-order valence-electron chi connectivity index (χ4n) is 3.45. The van der Waals surface area contributed by atoms with E-state index in [1.807, 2.05) is 60.9 Å². The Morgan fingerprint density at radius 1 is 1.12 bits per heavy atom. The van der Waals surface area contributed by atoms with E-state index in [2.05, 4.69) is 9.97 Å². The van der Waals surface area contributed by atoms with Crippen LogP contribution < -0.4 is 5.56 Å². The van der Waals surface area contributed by atoms with Gasteiger partial charge in [-0.25, -0.2) is 4.98 Å². The molecule has 0 aliphatic carbocycles. The highest BCUT2D eigenvalue weighted by Gasteiger charge is 2.22. The molecule has 0 atom stereocenters. The molecule has 0 spiro atoms. The third-order valence-electron chi connectivity index (χ3n) is 5.36. The van der Waals surface area contributed by atoms with Crippen molar-refractivity contribution in [3.63, 3.8) is 0 Å². The van der Waals surface area contributed by atoms with Gasteiger partial charge in [0, 0.05) is 37.7 Å². The quantitative estimate of drug-likeness (QED) is 0.376. The molecule has 1 N–H and O–H groups in total. The zero-order valence-corrected chi connectivity index (χ0v) is 20.3. The summed E-state index contributed by atoms with van der Waals surface area (Å²) in [5, 5.41) is 0.457. The summed E-state index contributed by atoms with van der Waals surface area (Å²) in [6.45, 7) is 9.01. The summed E-state index contributed by atoms with van der Waals surface area (Å²) in [7, 11) is 0. The fourth-order valence-corrected chi connectivity index (χ4v) is 4.23. The number of carbonyl (C=O) groups excluding carboxylic acids is 2. The van der Waals surface area contributed by atoms with E-state index < -0.39 is 0 Å². The summed E-state index contributed by atoms with van der Waals surface area (Å²) < 4.78 is 5.38. The zero-order chi connectivity index (χ0) is 23.8. The van der Waals surface area contributed by atoms with E-state index in [0.29, 0.717) is 30.5 Å².